The lowest BCUT2D eigenvalue weighted by Crippen LogP contribution is -2.02. The summed E-state index contributed by atoms with van der Waals surface area (Å²) >= 11 is 0. The van der Waals surface area contributed by atoms with Gasteiger partial charge in [-0.1, -0.05) is 237 Å². The van der Waals surface area contributed by atoms with Gasteiger partial charge in [0.05, 0.1) is 0 Å². The quantitative estimate of drug-likeness (QED) is 0.143. The van der Waals surface area contributed by atoms with Crippen molar-refractivity contribution < 1.29 is 0 Å². The maximum atomic E-state index is 5.37. The third-order valence-corrected chi connectivity index (χ3v) is 12.8. The zero-order chi connectivity index (χ0) is 43.8. The van der Waals surface area contributed by atoms with Gasteiger partial charge in [0.2, 0.25) is 0 Å². The van der Waals surface area contributed by atoms with E-state index in [9.17, 15) is 0 Å². The monoisotopic (exact) mass is 839 g/mol. The van der Waals surface area contributed by atoms with Crippen LogP contribution in [-0.2, 0) is 0 Å². The Morgan fingerprint density at radius 1 is 0.182 bits per heavy atom. The molecule has 0 saturated heterocycles. The largest absolute Gasteiger partial charge is 0.208 e. The fourth-order valence-electron chi connectivity index (χ4n) is 9.75. The predicted molar refractivity (Wildman–Crippen MR) is 276 cm³/mol. The number of benzene rings is 11. The van der Waals surface area contributed by atoms with Crippen LogP contribution in [0, 0.1) is 0 Å². The first-order valence-corrected chi connectivity index (χ1v) is 22.4. The van der Waals surface area contributed by atoms with Gasteiger partial charge < -0.3 is 0 Å². The number of fused-ring (bicyclic) bond motifs is 3. The van der Waals surface area contributed by atoms with Crippen LogP contribution in [0.2, 0.25) is 0 Å². The molecule has 3 heteroatoms. The van der Waals surface area contributed by atoms with Gasteiger partial charge in [-0.05, 0) is 100 Å². The fourth-order valence-corrected chi connectivity index (χ4v) is 9.75. The Morgan fingerprint density at radius 3 is 1.09 bits per heavy atom. The molecule has 0 unspecified atom stereocenters. The highest BCUT2D eigenvalue weighted by Crippen LogP contribution is 2.48. The van der Waals surface area contributed by atoms with Gasteiger partial charge in [0.1, 0.15) is 0 Å². The molecule has 12 aromatic rings. The third-order valence-electron chi connectivity index (χ3n) is 12.8. The van der Waals surface area contributed by atoms with Gasteiger partial charge in [-0.15, -0.1) is 0 Å². The number of nitrogens with zero attached hydrogens (tertiary/aromatic N) is 3. The lowest BCUT2D eigenvalue weighted by molar-refractivity contribution is 1.08. The summed E-state index contributed by atoms with van der Waals surface area (Å²) in [5.74, 6) is 1.86. The molecule has 0 amide bonds. The molecule has 3 nitrogen and oxygen atoms in total. The highest BCUT2D eigenvalue weighted by molar-refractivity contribution is 6.24. The molecule has 0 radical (unpaired) electrons. The predicted octanol–water partition coefficient (Wildman–Crippen LogP) is 16.7. The topological polar surface area (TPSA) is 38.7 Å². The smallest absolute Gasteiger partial charge is 0.164 e. The summed E-state index contributed by atoms with van der Waals surface area (Å²) in [5, 5.41) is 7.02. The van der Waals surface area contributed by atoms with Crippen molar-refractivity contribution in [3.8, 4) is 89.8 Å². The van der Waals surface area contributed by atoms with Crippen LogP contribution in [0.1, 0.15) is 0 Å². The van der Waals surface area contributed by atoms with Crippen LogP contribution in [0.4, 0.5) is 0 Å². The van der Waals surface area contributed by atoms with E-state index in [0.29, 0.717) is 17.5 Å². The molecule has 12 rings (SSSR count). The second-order valence-corrected chi connectivity index (χ2v) is 16.6. The minimum Gasteiger partial charge on any atom is -0.208 e. The summed E-state index contributed by atoms with van der Waals surface area (Å²) in [6, 6.07) is 88.4. The van der Waals surface area contributed by atoms with Crippen molar-refractivity contribution in [1.29, 1.82) is 0 Å². The van der Waals surface area contributed by atoms with Gasteiger partial charge in [-0.3, -0.25) is 0 Å². The normalized spacial score (nSPS) is 11.3. The minimum atomic E-state index is 0.618. The van der Waals surface area contributed by atoms with Crippen molar-refractivity contribution in [2.75, 3.05) is 0 Å². The van der Waals surface area contributed by atoms with E-state index in [2.05, 4.69) is 237 Å². The summed E-state index contributed by atoms with van der Waals surface area (Å²) in [7, 11) is 0. The molecule has 0 saturated carbocycles. The van der Waals surface area contributed by atoms with Crippen LogP contribution in [0.15, 0.2) is 249 Å². The molecule has 0 aliphatic carbocycles. The summed E-state index contributed by atoms with van der Waals surface area (Å²) in [5.41, 5.74) is 14.4. The molecule has 0 aliphatic heterocycles. The van der Waals surface area contributed by atoms with Crippen molar-refractivity contribution in [1.82, 2.24) is 15.0 Å². The van der Waals surface area contributed by atoms with Gasteiger partial charge >= 0.3 is 0 Å². The minimum absolute atomic E-state index is 0.618. The molecule has 0 atom stereocenters. The van der Waals surface area contributed by atoms with Crippen LogP contribution in [-0.4, -0.2) is 15.0 Å². The molecule has 0 aliphatic rings. The number of rotatable bonds is 8. The highest BCUT2D eigenvalue weighted by Gasteiger charge is 2.22. The zero-order valence-corrected chi connectivity index (χ0v) is 36.0. The molecule has 66 heavy (non-hydrogen) atoms. The van der Waals surface area contributed by atoms with Crippen LogP contribution < -0.4 is 0 Å². The number of aromatic nitrogens is 3. The SMILES string of the molecule is c1ccc(-c2cccc(-c3nc(-c4ccccc4-c4ccccc4)nc(-c4ccc(-c5c6ccccc6c(-c6ccccc6-c6ccccc6)c6ccccc56)c5ccccc45)n3)c2)cc1. The lowest BCUT2D eigenvalue weighted by atomic mass is 9.82. The van der Waals surface area contributed by atoms with Crippen molar-refractivity contribution in [3.63, 3.8) is 0 Å². The van der Waals surface area contributed by atoms with Crippen LogP contribution in [0.25, 0.3) is 122 Å². The molecular formula is C63H41N3. The summed E-state index contributed by atoms with van der Waals surface area (Å²) in [4.78, 5) is 16.0. The van der Waals surface area contributed by atoms with Crippen molar-refractivity contribution >= 4 is 32.3 Å². The Morgan fingerprint density at radius 2 is 0.530 bits per heavy atom. The molecule has 0 N–H and O–H groups in total. The van der Waals surface area contributed by atoms with E-state index in [1.165, 1.54) is 49.4 Å². The average molecular weight is 840 g/mol. The van der Waals surface area contributed by atoms with E-state index in [1.807, 2.05) is 12.1 Å². The first kappa shape index (κ1) is 38.9. The van der Waals surface area contributed by atoms with Gasteiger partial charge in [0.25, 0.3) is 0 Å². The summed E-state index contributed by atoms with van der Waals surface area (Å²) in [6.45, 7) is 0. The second-order valence-electron chi connectivity index (χ2n) is 16.6. The van der Waals surface area contributed by atoms with Crippen LogP contribution in [0.3, 0.4) is 0 Å². The summed E-state index contributed by atoms with van der Waals surface area (Å²) in [6.07, 6.45) is 0. The van der Waals surface area contributed by atoms with Crippen LogP contribution >= 0.6 is 0 Å². The van der Waals surface area contributed by atoms with E-state index in [1.54, 1.807) is 0 Å². The molecular weight excluding hydrogens is 799 g/mol. The van der Waals surface area contributed by atoms with Crippen molar-refractivity contribution in [3.05, 3.63) is 249 Å². The molecule has 1 heterocycles. The molecule has 0 spiro atoms. The Hall–Kier alpha value is -8.79. The van der Waals surface area contributed by atoms with Crippen molar-refractivity contribution in [2.45, 2.75) is 0 Å². The van der Waals surface area contributed by atoms with E-state index in [4.69, 9.17) is 15.0 Å². The van der Waals surface area contributed by atoms with Gasteiger partial charge in [-0.2, -0.15) is 0 Å². The lowest BCUT2D eigenvalue weighted by Gasteiger charge is -2.21. The van der Waals surface area contributed by atoms with Crippen LogP contribution in [0.5, 0.6) is 0 Å². The number of hydrogen-bond donors (Lipinski definition) is 0. The fraction of sp³-hybridized carbons (Fsp3) is 0. The van der Waals surface area contributed by atoms with E-state index >= 15 is 0 Å². The van der Waals surface area contributed by atoms with E-state index < -0.39 is 0 Å². The Labute approximate surface area is 384 Å². The maximum absolute atomic E-state index is 5.37. The Balaban J connectivity index is 1.09. The van der Waals surface area contributed by atoms with E-state index in [0.717, 1.165) is 55.3 Å². The van der Waals surface area contributed by atoms with Gasteiger partial charge in [0, 0.05) is 16.7 Å². The molecule has 11 aromatic carbocycles. The zero-order valence-electron chi connectivity index (χ0n) is 36.0. The number of hydrogen-bond acceptors (Lipinski definition) is 3. The first-order valence-electron chi connectivity index (χ1n) is 22.4. The molecule has 0 fully saturated rings. The Kier molecular flexibility index (Phi) is 9.85. The average Bonchev–Trinajstić information content (AvgIpc) is 3.40. The first-order chi connectivity index (χ1) is 32.8. The van der Waals surface area contributed by atoms with Gasteiger partial charge in [-0.25, -0.2) is 15.0 Å². The Bertz CT molecular complexity index is 3690. The van der Waals surface area contributed by atoms with Crippen molar-refractivity contribution in [2.24, 2.45) is 0 Å². The van der Waals surface area contributed by atoms with Gasteiger partial charge in [0.15, 0.2) is 17.5 Å². The molecule has 0 bridgehead atoms. The summed E-state index contributed by atoms with van der Waals surface area (Å²) < 4.78 is 0. The molecule has 308 valence electrons. The highest BCUT2D eigenvalue weighted by atomic mass is 15.0. The third kappa shape index (κ3) is 6.91. The second kappa shape index (κ2) is 16.7. The van der Waals surface area contributed by atoms with E-state index in [-0.39, 0.29) is 0 Å². The maximum Gasteiger partial charge on any atom is 0.164 e. The molecule has 1 aromatic heterocycles. The standard InChI is InChI=1S/C63H41N3/c1-4-21-42(22-5-1)45-27-20-28-46(41-45)61-64-62(57-38-19-11-30-48(57)44-25-8-3-9-26-44)66-63(65-61)58-40-39-56(49-31-12-13-32-50(49)58)60-54-36-17-15-34-52(54)59(53-35-16-18-37-55(53)60)51-33-14-10-29-47(51)43-23-6-2-7-24-43/h1-41H.